The zero-order valence-electron chi connectivity index (χ0n) is 11.1. The van der Waals surface area contributed by atoms with E-state index in [4.69, 9.17) is 0 Å². The minimum atomic E-state index is 0.227. The Hall–Kier alpha value is -0.380. The van der Waals surface area contributed by atoms with Crippen LogP contribution in [-0.2, 0) is 0 Å². The van der Waals surface area contributed by atoms with E-state index in [0.717, 1.165) is 10.9 Å². The van der Waals surface area contributed by atoms with Crippen molar-refractivity contribution in [3.05, 3.63) is 33.8 Å². The van der Waals surface area contributed by atoms with Crippen LogP contribution in [0.2, 0.25) is 0 Å². The van der Waals surface area contributed by atoms with E-state index in [1.54, 1.807) is 0 Å². The molecule has 1 rings (SSSR count). The molecule has 0 spiro atoms. The van der Waals surface area contributed by atoms with E-state index < -0.39 is 0 Å². The molecule has 1 aromatic carbocycles. The smallest absolute Gasteiger partial charge is 0.0477 e. The summed E-state index contributed by atoms with van der Waals surface area (Å²) in [5.41, 5.74) is 2.57. The van der Waals surface area contributed by atoms with Gasteiger partial charge in [0.25, 0.3) is 0 Å². The Kier molecular flexibility index (Phi) is 5.63. The van der Waals surface area contributed by atoms with Crippen molar-refractivity contribution in [2.45, 2.75) is 26.3 Å². The van der Waals surface area contributed by atoms with E-state index in [0.29, 0.717) is 0 Å². The highest BCUT2D eigenvalue weighted by atomic mass is 79.9. The van der Waals surface area contributed by atoms with Crippen LogP contribution in [0.15, 0.2) is 22.7 Å². The molecule has 0 amide bonds. The average Bonchev–Trinajstić information content (AvgIpc) is 2.29. The Morgan fingerprint density at radius 1 is 1.35 bits per heavy atom. The molecule has 3 heteroatoms. The predicted molar refractivity (Wildman–Crippen MR) is 76.2 cm³/mol. The first-order chi connectivity index (χ1) is 8.01. The number of hydrogen-bond donors (Lipinski definition) is 1. The quantitative estimate of drug-likeness (QED) is 0.901. The van der Waals surface area contributed by atoms with Gasteiger partial charge in [0, 0.05) is 23.0 Å². The molecule has 0 aromatic heterocycles. The normalized spacial score (nSPS) is 15.0. The maximum atomic E-state index is 9.53. The van der Waals surface area contributed by atoms with E-state index in [9.17, 15) is 5.11 Å². The Labute approximate surface area is 113 Å². The molecule has 17 heavy (non-hydrogen) atoms. The fourth-order valence-corrected chi connectivity index (χ4v) is 2.71. The van der Waals surface area contributed by atoms with Crippen LogP contribution in [0.25, 0.3) is 0 Å². The Morgan fingerprint density at radius 2 is 2.00 bits per heavy atom. The third-order valence-electron chi connectivity index (χ3n) is 3.32. The van der Waals surface area contributed by atoms with Crippen molar-refractivity contribution in [1.82, 2.24) is 4.90 Å². The van der Waals surface area contributed by atoms with Gasteiger partial charge in [-0.3, -0.25) is 0 Å². The van der Waals surface area contributed by atoms with Crippen molar-refractivity contribution >= 4 is 15.9 Å². The molecule has 0 radical (unpaired) electrons. The molecule has 0 saturated heterocycles. The van der Waals surface area contributed by atoms with Crippen LogP contribution in [0.5, 0.6) is 0 Å². The lowest BCUT2D eigenvalue weighted by Crippen LogP contribution is -2.29. The fraction of sp³-hybridized carbons (Fsp3) is 0.571. The highest BCUT2D eigenvalue weighted by Gasteiger charge is 2.24. The summed E-state index contributed by atoms with van der Waals surface area (Å²) in [5.74, 6) is 0.276. The average molecular weight is 300 g/mol. The van der Waals surface area contributed by atoms with Gasteiger partial charge in [-0.2, -0.15) is 0 Å². The van der Waals surface area contributed by atoms with Gasteiger partial charge in [-0.15, -0.1) is 0 Å². The molecule has 2 nitrogen and oxygen atoms in total. The van der Waals surface area contributed by atoms with Crippen LogP contribution in [0.3, 0.4) is 0 Å². The maximum Gasteiger partial charge on any atom is 0.0477 e. The molecular formula is C14H22BrNO. The van der Waals surface area contributed by atoms with Crippen molar-refractivity contribution in [1.29, 1.82) is 0 Å². The number of benzene rings is 1. The second-order valence-corrected chi connectivity index (χ2v) is 5.68. The van der Waals surface area contributed by atoms with Gasteiger partial charge in [-0.05, 0) is 50.7 Å². The van der Waals surface area contributed by atoms with Gasteiger partial charge in [0.1, 0.15) is 0 Å². The molecular weight excluding hydrogens is 278 g/mol. The zero-order chi connectivity index (χ0) is 13.0. The van der Waals surface area contributed by atoms with Crippen molar-refractivity contribution in [3.63, 3.8) is 0 Å². The maximum absolute atomic E-state index is 9.53. The van der Waals surface area contributed by atoms with Crippen LogP contribution in [-0.4, -0.2) is 30.7 Å². The summed E-state index contributed by atoms with van der Waals surface area (Å²) in [6, 6.07) is 6.62. The molecule has 1 aromatic rings. The molecule has 0 aliphatic heterocycles. The molecule has 0 heterocycles. The first-order valence-corrected chi connectivity index (χ1v) is 6.83. The van der Waals surface area contributed by atoms with E-state index in [-0.39, 0.29) is 18.6 Å². The van der Waals surface area contributed by atoms with Gasteiger partial charge in [0.2, 0.25) is 0 Å². The fourth-order valence-electron chi connectivity index (χ4n) is 2.34. The number of aliphatic hydroxyl groups excluding tert-OH is 1. The predicted octanol–water partition coefficient (Wildman–Crippen LogP) is 3.38. The number of aryl methyl sites for hydroxylation is 1. The van der Waals surface area contributed by atoms with Crippen molar-refractivity contribution in [2.75, 3.05) is 20.7 Å². The second kappa shape index (κ2) is 6.53. The minimum absolute atomic E-state index is 0.227. The number of rotatable bonds is 5. The largest absolute Gasteiger partial charge is 0.396 e. The summed E-state index contributed by atoms with van der Waals surface area (Å²) in [7, 11) is 4.15. The van der Waals surface area contributed by atoms with Crippen LogP contribution >= 0.6 is 15.9 Å². The summed E-state index contributed by atoms with van der Waals surface area (Å²) in [6.45, 7) is 4.48. The summed E-state index contributed by atoms with van der Waals surface area (Å²) in [5, 5.41) is 9.53. The molecule has 2 atom stereocenters. The van der Waals surface area contributed by atoms with Crippen LogP contribution in [0.1, 0.15) is 30.5 Å². The number of halogens is 1. The molecule has 0 saturated carbocycles. The van der Waals surface area contributed by atoms with Gasteiger partial charge in [0.15, 0.2) is 0 Å². The van der Waals surface area contributed by atoms with Crippen LogP contribution in [0, 0.1) is 12.8 Å². The van der Waals surface area contributed by atoms with Crippen molar-refractivity contribution < 1.29 is 5.11 Å². The van der Waals surface area contributed by atoms with E-state index in [1.165, 1.54) is 11.1 Å². The number of nitrogens with zero attached hydrogens (tertiary/aromatic N) is 1. The SMILES string of the molecule is CCC(CO)C(c1cc(Br)ccc1C)N(C)C. The Bertz CT molecular complexity index is 361. The lowest BCUT2D eigenvalue weighted by Gasteiger charge is -2.32. The van der Waals surface area contributed by atoms with Crippen LogP contribution < -0.4 is 0 Å². The topological polar surface area (TPSA) is 23.5 Å². The second-order valence-electron chi connectivity index (χ2n) is 4.76. The molecule has 0 bridgehead atoms. The van der Waals surface area contributed by atoms with Gasteiger partial charge < -0.3 is 10.0 Å². The summed E-state index contributed by atoms with van der Waals surface area (Å²) in [6.07, 6.45) is 0.977. The first kappa shape index (κ1) is 14.7. The standard InChI is InChI=1S/C14H22BrNO/c1-5-11(9-17)14(16(3)4)13-8-12(15)7-6-10(13)2/h6-8,11,14,17H,5,9H2,1-4H3. The van der Waals surface area contributed by atoms with Gasteiger partial charge >= 0.3 is 0 Å². The minimum Gasteiger partial charge on any atom is -0.396 e. The zero-order valence-corrected chi connectivity index (χ0v) is 12.7. The highest BCUT2D eigenvalue weighted by Crippen LogP contribution is 2.32. The lowest BCUT2D eigenvalue weighted by atomic mass is 9.88. The number of hydrogen-bond acceptors (Lipinski definition) is 2. The van der Waals surface area contributed by atoms with E-state index in [2.05, 4.69) is 67.0 Å². The van der Waals surface area contributed by atoms with Gasteiger partial charge in [-0.25, -0.2) is 0 Å². The van der Waals surface area contributed by atoms with E-state index in [1.807, 2.05) is 0 Å². The van der Waals surface area contributed by atoms with Crippen molar-refractivity contribution in [3.8, 4) is 0 Å². The molecule has 0 aliphatic carbocycles. The van der Waals surface area contributed by atoms with Gasteiger partial charge in [-0.1, -0.05) is 28.9 Å². The molecule has 2 unspecified atom stereocenters. The first-order valence-electron chi connectivity index (χ1n) is 6.04. The monoisotopic (exact) mass is 299 g/mol. The summed E-state index contributed by atoms with van der Waals surface area (Å²) < 4.78 is 1.10. The van der Waals surface area contributed by atoms with Gasteiger partial charge in [0.05, 0.1) is 0 Å². The summed E-state index contributed by atoms with van der Waals surface area (Å²) in [4.78, 5) is 2.19. The molecule has 0 aliphatic rings. The third kappa shape index (κ3) is 3.54. The van der Waals surface area contributed by atoms with E-state index >= 15 is 0 Å². The molecule has 1 N–H and O–H groups in total. The number of aliphatic hydroxyl groups is 1. The van der Waals surface area contributed by atoms with Crippen molar-refractivity contribution in [2.24, 2.45) is 5.92 Å². The molecule has 96 valence electrons. The Balaban J connectivity index is 3.17. The highest BCUT2D eigenvalue weighted by molar-refractivity contribution is 9.10. The third-order valence-corrected chi connectivity index (χ3v) is 3.81. The van der Waals surface area contributed by atoms with Crippen LogP contribution in [0.4, 0.5) is 0 Å². The summed E-state index contributed by atoms with van der Waals surface area (Å²) >= 11 is 3.53. The lowest BCUT2D eigenvalue weighted by molar-refractivity contribution is 0.130. The molecule has 0 fully saturated rings. The Morgan fingerprint density at radius 3 is 2.47 bits per heavy atom.